The van der Waals surface area contributed by atoms with Gasteiger partial charge in [0.2, 0.25) is 0 Å². The van der Waals surface area contributed by atoms with Gasteiger partial charge in [-0.15, -0.1) is 0 Å². The van der Waals surface area contributed by atoms with Crippen molar-refractivity contribution in [1.82, 2.24) is 0 Å². The summed E-state index contributed by atoms with van der Waals surface area (Å²) in [7, 11) is -10.4. The average Bonchev–Trinajstić information content (AvgIpc) is 2.21. The second-order valence-corrected chi connectivity index (χ2v) is 3.91. The van der Waals surface area contributed by atoms with E-state index in [2.05, 4.69) is 36.6 Å². The Labute approximate surface area is 248 Å². The van der Waals surface area contributed by atoms with E-state index in [9.17, 15) is 25.1 Å². The molecule has 3 aliphatic heterocycles. The van der Waals surface area contributed by atoms with Gasteiger partial charge in [-0.3, -0.25) is 0 Å². The molecular formula is H5B7Cs2O14. The molecular weight excluding hydrogens is 565 g/mol. The summed E-state index contributed by atoms with van der Waals surface area (Å²) in [6.07, 6.45) is 0. The van der Waals surface area contributed by atoms with Gasteiger partial charge in [0.1, 0.15) is 0 Å². The van der Waals surface area contributed by atoms with Crippen molar-refractivity contribution in [3.05, 3.63) is 0 Å². The summed E-state index contributed by atoms with van der Waals surface area (Å²) in [5.74, 6) is 0. The summed E-state index contributed by atoms with van der Waals surface area (Å²) in [6.45, 7) is -7.10. The van der Waals surface area contributed by atoms with E-state index >= 15 is 0 Å². The summed E-state index contributed by atoms with van der Waals surface area (Å²) in [5, 5.41) is 46.4. The van der Waals surface area contributed by atoms with E-state index in [4.69, 9.17) is 4.57 Å². The molecule has 23 heavy (non-hydrogen) atoms. The molecule has 0 unspecified atom stereocenters. The number of hydrogen-bond acceptors (Lipinski definition) is 14. The van der Waals surface area contributed by atoms with Gasteiger partial charge in [-0.05, 0) is 0 Å². The summed E-state index contributed by atoms with van der Waals surface area (Å²) in [5.41, 5.74) is 0. The minimum Gasteiger partial charge on any atom is -0.680 e. The molecule has 0 aliphatic carbocycles. The molecule has 3 rings (SSSR count). The minimum atomic E-state index is -3.55. The first kappa shape index (κ1) is 25.0. The Morgan fingerprint density at radius 3 is 1.04 bits per heavy atom. The predicted molar refractivity (Wildman–Crippen MR) is 61.1 cm³/mol. The third-order valence-corrected chi connectivity index (χ3v) is 2.50. The monoisotopic (exact) mass is 572 g/mol. The van der Waals surface area contributed by atoms with E-state index in [0.29, 0.717) is 0 Å². The maximum atomic E-state index is 9.47. The Morgan fingerprint density at radius 2 is 0.739 bits per heavy atom. The maximum absolute atomic E-state index is 9.47. The molecule has 0 radical (unpaired) electrons. The van der Waals surface area contributed by atoms with E-state index < -0.39 is 50.5 Å². The molecule has 0 aromatic carbocycles. The van der Waals surface area contributed by atoms with Gasteiger partial charge in [-0.1, -0.05) is 0 Å². The molecule has 0 amide bonds. The molecule has 3 saturated heterocycles. The van der Waals surface area contributed by atoms with Gasteiger partial charge in [-0.25, -0.2) is 0 Å². The smallest absolute Gasteiger partial charge is 0.680 e. The zero-order valence-electron chi connectivity index (χ0n) is 12.0. The van der Waals surface area contributed by atoms with Crippen LogP contribution in [0, 0.1) is 0 Å². The Balaban J connectivity index is 0.00000132. The van der Waals surface area contributed by atoms with Crippen molar-refractivity contribution >= 4 is 50.5 Å². The van der Waals surface area contributed by atoms with Crippen LogP contribution in [0.4, 0.5) is 0 Å². The van der Waals surface area contributed by atoms with Crippen LogP contribution in [-0.4, -0.2) is 75.6 Å². The van der Waals surface area contributed by atoms with Crippen LogP contribution in [0.3, 0.4) is 0 Å². The molecule has 23 heteroatoms. The zero-order chi connectivity index (χ0) is 15.3. The third-order valence-electron chi connectivity index (χ3n) is 2.50. The first-order valence-electron chi connectivity index (χ1n) is 5.53. The molecule has 14 nitrogen and oxygen atoms in total. The molecule has 2 spiro atoms. The van der Waals surface area contributed by atoms with Crippen molar-refractivity contribution in [1.29, 1.82) is 0 Å². The van der Waals surface area contributed by atoms with E-state index in [1.54, 1.807) is 0 Å². The van der Waals surface area contributed by atoms with Crippen LogP contribution in [0.1, 0.15) is 0 Å². The van der Waals surface area contributed by atoms with Gasteiger partial charge < -0.3 is 66.3 Å². The van der Waals surface area contributed by atoms with Crippen LogP contribution in [0.25, 0.3) is 0 Å². The van der Waals surface area contributed by atoms with E-state index in [0.717, 1.165) is 0 Å². The quantitative estimate of drug-likeness (QED) is 0.173. The van der Waals surface area contributed by atoms with Crippen LogP contribution in [-0.2, 0) is 41.1 Å². The van der Waals surface area contributed by atoms with Crippen molar-refractivity contribution < 1.29 is 204 Å². The first-order chi connectivity index (χ1) is 9.80. The molecule has 0 saturated carbocycles. The van der Waals surface area contributed by atoms with Crippen LogP contribution in [0.5, 0.6) is 0 Å². The fourth-order valence-corrected chi connectivity index (χ4v) is 1.80. The largest absolute Gasteiger partial charge is 1.00 e. The molecule has 3 aliphatic rings. The fourth-order valence-electron chi connectivity index (χ4n) is 1.80. The topological polar surface area (TPSA) is 184 Å². The van der Waals surface area contributed by atoms with Crippen molar-refractivity contribution in [2.45, 2.75) is 0 Å². The summed E-state index contributed by atoms with van der Waals surface area (Å²) >= 11 is 0. The van der Waals surface area contributed by atoms with Gasteiger partial charge in [0.05, 0.1) is 0 Å². The SMILES string of the molecule is OB1OB(O)O[B-]2(O1)OB(O)O[B-]1(OB(O)OB(O)O1)O2.[Cs+].[Cs+]. The van der Waals surface area contributed by atoms with Gasteiger partial charge in [0.15, 0.2) is 0 Å². The maximum Gasteiger partial charge on any atom is 1.00 e. The van der Waals surface area contributed by atoms with E-state index in [-0.39, 0.29) is 138 Å². The first-order valence-corrected chi connectivity index (χ1v) is 5.53. The second-order valence-electron chi connectivity index (χ2n) is 3.91. The Hall–Kier alpha value is 4.00. The van der Waals surface area contributed by atoms with Gasteiger partial charge in [0.25, 0.3) is 0 Å². The number of rotatable bonds is 0. The fraction of sp³-hybridized carbons (Fsp3) is 0. The Morgan fingerprint density at radius 1 is 0.478 bits per heavy atom. The average molecular weight is 571 g/mol. The van der Waals surface area contributed by atoms with Gasteiger partial charge in [0, 0.05) is 0 Å². The zero-order valence-corrected chi connectivity index (χ0v) is 24.5. The van der Waals surface area contributed by atoms with Crippen molar-refractivity contribution in [2.24, 2.45) is 0 Å². The summed E-state index contributed by atoms with van der Waals surface area (Å²) < 4.78 is 41.3. The van der Waals surface area contributed by atoms with Crippen molar-refractivity contribution in [3.63, 3.8) is 0 Å². The predicted octanol–water partition coefficient (Wildman–Crippen LogP) is -12.1. The van der Waals surface area contributed by atoms with Gasteiger partial charge >= 0.3 is 188 Å². The van der Waals surface area contributed by atoms with E-state index in [1.165, 1.54) is 0 Å². The van der Waals surface area contributed by atoms with Crippen LogP contribution in [0.15, 0.2) is 0 Å². The summed E-state index contributed by atoms with van der Waals surface area (Å²) in [6, 6.07) is 0. The van der Waals surface area contributed by atoms with Crippen molar-refractivity contribution in [2.75, 3.05) is 0 Å². The van der Waals surface area contributed by atoms with E-state index in [1.807, 2.05) is 0 Å². The molecule has 0 atom stereocenters. The normalized spacial score (nSPS) is 26.2. The van der Waals surface area contributed by atoms with Crippen LogP contribution >= 0.6 is 0 Å². The molecule has 3 heterocycles. The molecule has 0 bridgehead atoms. The minimum absolute atomic E-state index is 0. The van der Waals surface area contributed by atoms with Crippen LogP contribution < -0.4 is 138 Å². The third kappa shape index (κ3) is 6.50. The molecule has 0 aromatic rings. The molecule has 3 fully saturated rings. The molecule has 5 N–H and O–H groups in total. The van der Waals surface area contributed by atoms with Crippen LogP contribution in [0.2, 0.25) is 0 Å². The standard InChI is InChI=1S/B7H5O14.2Cs/c8-1-13-2(9)16-6(15-1)19-5(12)20-7(21-6)17-3(10)14-4(11)18-7;;/h8-12H;;/q-2;2*+1. The second kappa shape index (κ2) is 10.2. The Kier molecular flexibility index (Phi) is 11.1. The molecule has 112 valence electrons. The summed E-state index contributed by atoms with van der Waals surface area (Å²) in [4.78, 5) is 0. The van der Waals surface area contributed by atoms with Gasteiger partial charge in [-0.2, -0.15) is 0 Å². The number of hydrogen-bond donors (Lipinski definition) is 5. The van der Waals surface area contributed by atoms with Crippen molar-refractivity contribution in [3.8, 4) is 0 Å². The molecule has 0 aromatic heterocycles. The Bertz CT molecular complexity index is 332.